The van der Waals surface area contributed by atoms with Gasteiger partial charge in [-0.15, -0.1) is 6.58 Å². The van der Waals surface area contributed by atoms with Gasteiger partial charge in [0.25, 0.3) is 5.91 Å². The number of anilines is 1. The van der Waals surface area contributed by atoms with Crippen LogP contribution in [0.5, 0.6) is 5.75 Å². The van der Waals surface area contributed by atoms with E-state index >= 15 is 0 Å². The molecule has 0 radical (unpaired) electrons. The Morgan fingerprint density at radius 2 is 1.94 bits per heavy atom. The SMILES string of the molecule is C=CCN(C)CCCCOc1ccc2c(c1)CCCN2C(=O)c1ccc(C(F)(F)F)cc1. The first kappa shape index (κ1) is 23.9. The van der Waals surface area contributed by atoms with E-state index in [1.807, 2.05) is 24.3 Å². The summed E-state index contributed by atoms with van der Waals surface area (Å²) in [7, 11) is 2.06. The van der Waals surface area contributed by atoms with E-state index in [1.165, 1.54) is 12.1 Å². The number of alkyl halides is 3. The molecule has 3 rings (SSSR count). The number of carbonyl (C=O) groups is 1. The zero-order valence-corrected chi connectivity index (χ0v) is 18.3. The predicted octanol–water partition coefficient (Wildman–Crippen LogP) is 5.58. The first-order valence-corrected chi connectivity index (χ1v) is 10.8. The second kappa shape index (κ2) is 10.7. The fraction of sp³-hybridized carbons (Fsp3) is 0.400. The number of unbranched alkanes of at least 4 members (excludes halogenated alkanes) is 1. The lowest BCUT2D eigenvalue weighted by Gasteiger charge is -2.30. The summed E-state index contributed by atoms with van der Waals surface area (Å²) >= 11 is 0. The van der Waals surface area contributed by atoms with Crippen molar-refractivity contribution < 1.29 is 22.7 Å². The zero-order chi connectivity index (χ0) is 23.1. The molecule has 2 aromatic carbocycles. The van der Waals surface area contributed by atoms with Gasteiger partial charge in [-0.1, -0.05) is 6.08 Å². The lowest BCUT2D eigenvalue weighted by atomic mass is 10.00. The van der Waals surface area contributed by atoms with E-state index in [1.54, 1.807) is 4.90 Å². The van der Waals surface area contributed by atoms with Crippen molar-refractivity contribution in [3.05, 3.63) is 71.8 Å². The normalized spacial score (nSPS) is 13.7. The number of hydrogen-bond donors (Lipinski definition) is 0. The van der Waals surface area contributed by atoms with E-state index in [2.05, 4.69) is 18.5 Å². The molecule has 0 bridgehead atoms. The standard InChI is InChI=1S/C25H29F3N2O2/c1-3-14-29(2)15-4-5-17-32-22-12-13-23-20(18-22)7-6-16-30(23)24(31)19-8-10-21(11-9-19)25(26,27)28/h3,8-13,18H,1,4-7,14-17H2,2H3. The number of fused-ring (bicyclic) bond motifs is 1. The zero-order valence-electron chi connectivity index (χ0n) is 18.3. The second-order valence-electron chi connectivity index (χ2n) is 8.03. The van der Waals surface area contributed by atoms with Crippen molar-refractivity contribution in [2.24, 2.45) is 0 Å². The molecule has 7 heteroatoms. The van der Waals surface area contributed by atoms with Crippen LogP contribution in [0.4, 0.5) is 18.9 Å². The molecule has 2 aromatic rings. The molecule has 0 saturated carbocycles. The second-order valence-corrected chi connectivity index (χ2v) is 8.03. The van der Waals surface area contributed by atoms with Crippen LogP contribution in [-0.2, 0) is 12.6 Å². The van der Waals surface area contributed by atoms with Crippen molar-refractivity contribution in [1.82, 2.24) is 4.90 Å². The number of likely N-dealkylation sites (N-methyl/N-ethyl adjacent to an activating group) is 1. The highest BCUT2D eigenvalue weighted by Gasteiger charge is 2.31. The molecule has 0 N–H and O–H groups in total. The summed E-state index contributed by atoms with van der Waals surface area (Å²) in [5, 5.41) is 0. The third-order valence-electron chi connectivity index (χ3n) is 5.52. The van der Waals surface area contributed by atoms with Gasteiger partial charge in [0, 0.05) is 24.3 Å². The van der Waals surface area contributed by atoms with E-state index < -0.39 is 11.7 Å². The number of carbonyl (C=O) groups excluding carboxylic acids is 1. The molecule has 0 saturated heterocycles. The smallest absolute Gasteiger partial charge is 0.416 e. The Kier molecular flexibility index (Phi) is 7.96. The average molecular weight is 447 g/mol. The largest absolute Gasteiger partial charge is 0.494 e. The van der Waals surface area contributed by atoms with Crippen LogP contribution in [0.3, 0.4) is 0 Å². The minimum Gasteiger partial charge on any atom is -0.494 e. The van der Waals surface area contributed by atoms with Crippen molar-refractivity contribution in [1.29, 1.82) is 0 Å². The molecule has 0 aromatic heterocycles. The molecular weight excluding hydrogens is 417 g/mol. The van der Waals surface area contributed by atoms with E-state index in [9.17, 15) is 18.0 Å². The summed E-state index contributed by atoms with van der Waals surface area (Å²) in [4.78, 5) is 16.8. The molecule has 1 aliphatic heterocycles. The van der Waals surface area contributed by atoms with Crippen molar-refractivity contribution in [2.75, 3.05) is 38.2 Å². The lowest BCUT2D eigenvalue weighted by molar-refractivity contribution is -0.137. The Morgan fingerprint density at radius 1 is 1.19 bits per heavy atom. The number of nitrogens with zero attached hydrogens (tertiary/aromatic N) is 2. The van der Waals surface area contributed by atoms with Crippen LogP contribution in [0, 0.1) is 0 Å². The fourth-order valence-electron chi connectivity index (χ4n) is 3.82. The summed E-state index contributed by atoms with van der Waals surface area (Å²) in [6.07, 6.45) is 1.06. The highest BCUT2D eigenvalue weighted by Crippen LogP contribution is 2.33. The molecule has 0 spiro atoms. The minimum absolute atomic E-state index is 0.243. The van der Waals surface area contributed by atoms with Crippen LogP contribution in [0.25, 0.3) is 0 Å². The van der Waals surface area contributed by atoms with Gasteiger partial charge in [-0.25, -0.2) is 0 Å². The number of ether oxygens (including phenoxy) is 1. The Balaban J connectivity index is 1.61. The lowest BCUT2D eigenvalue weighted by Crippen LogP contribution is -2.35. The number of rotatable bonds is 9. The maximum atomic E-state index is 13.0. The van der Waals surface area contributed by atoms with Gasteiger partial charge in [-0.3, -0.25) is 4.79 Å². The van der Waals surface area contributed by atoms with Gasteiger partial charge >= 0.3 is 6.18 Å². The molecule has 172 valence electrons. The first-order chi connectivity index (χ1) is 15.3. The summed E-state index contributed by atoms with van der Waals surface area (Å²) in [5.74, 6) is 0.476. The molecule has 0 unspecified atom stereocenters. The van der Waals surface area contributed by atoms with Gasteiger partial charge in [0.1, 0.15) is 5.75 Å². The van der Waals surface area contributed by atoms with Gasteiger partial charge in [0.05, 0.1) is 12.2 Å². The van der Waals surface area contributed by atoms with Crippen LogP contribution >= 0.6 is 0 Å². The number of amides is 1. The average Bonchev–Trinajstić information content (AvgIpc) is 2.77. The molecule has 32 heavy (non-hydrogen) atoms. The molecule has 0 atom stereocenters. The number of hydrogen-bond acceptors (Lipinski definition) is 3. The van der Waals surface area contributed by atoms with Gasteiger partial charge in [0.2, 0.25) is 0 Å². The van der Waals surface area contributed by atoms with E-state index in [-0.39, 0.29) is 11.5 Å². The predicted molar refractivity (Wildman–Crippen MR) is 120 cm³/mol. The molecule has 0 aliphatic carbocycles. The number of aryl methyl sites for hydroxylation is 1. The van der Waals surface area contributed by atoms with Crippen LogP contribution in [0.1, 0.15) is 40.7 Å². The summed E-state index contributed by atoms with van der Waals surface area (Å²) in [5.41, 5.74) is 1.29. The number of benzene rings is 2. The first-order valence-electron chi connectivity index (χ1n) is 10.8. The maximum Gasteiger partial charge on any atom is 0.416 e. The Bertz CT molecular complexity index is 926. The molecule has 1 amide bonds. The quantitative estimate of drug-likeness (QED) is 0.373. The monoisotopic (exact) mass is 446 g/mol. The van der Waals surface area contributed by atoms with E-state index in [4.69, 9.17) is 4.74 Å². The van der Waals surface area contributed by atoms with Crippen LogP contribution in [0.15, 0.2) is 55.1 Å². The summed E-state index contributed by atoms with van der Waals surface area (Å²) < 4.78 is 44.3. The third kappa shape index (κ3) is 6.13. The van der Waals surface area contributed by atoms with Crippen LogP contribution < -0.4 is 9.64 Å². The van der Waals surface area contributed by atoms with Gasteiger partial charge in [0.15, 0.2) is 0 Å². The number of halogens is 3. The van der Waals surface area contributed by atoms with Crippen molar-refractivity contribution >= 4 is 11.6 Å². The highest BCUT2D eigenvalue weighted by molar-refractivity contribution is 6.06. The topological polar surface area (TPSA) is 32.8 Å². The fourth-order valence-corrected chi connectivity index (χ4v) is 3.82. The van der Waals surface area contributed by atoms with Crippen LogP contribution in [0.2, 0.25) is 0 Å². The Labute approximate surface area is 187 Å². The van der Waals surface area contributed by atoms with Gasteiger partial charge < -0.3 is 14.5 Å². The maximum absolute atomic E-state index is 13.0. The molecule has 4 nitrogen and oxygen atoms in total. The van der Waals surface area contributed by atoms with Gasteiger partial charge in [-0.05, 0) is 87.3 Å². The Morgan fingerprint density at radius 3 is 2.62 bits per heavy atom. The van der Waals surface area contributed by atoms with Crippen molar-refractivity contribution in [3.8, 4) is 5.75 Å². The molecule has 1 aliphatic rings. The highest BCUT2D eigenvalue weighted by atomic mass is 19.4. The summed E-state index contributed by atoms with van der Waals surface area (Å²) in [6, 6.07) is 10.1. The van der Waals surface area contributed by atoms with E-state index in [0.29, 0.717) is 13.2 Å². The Hall–Kier alpha value is -2.80. The van der Waals surface area contributed by atoms with E-state index in [0.717, 1.165) is 67.9 Å². The molecule has 1 heterocycles. The minimum atomic E-state index is -4.42. The summed E-state index contributed by atoms with van der Waals surface area (Å²) in [6.45, 7) is 6.74. The van der Waals surface area contributed by atoms with Crippen molar-refractivity contribution in [2.45, 2.75) is 31.9 Å². The third-order valence-corrected chi connectivity index (χ3v) is 5.52. The van der Waals surface area contributed by atoms with Crippen molar-refractivity contribution in [3.63, 3.8) is 0 Å². The molecule has 0 fully saturated rings. The van der Waals surface area contributed by atoms with Crippen LogP contribution in [-0.4, -0.2) is 44.1 Å². The molecular formula is C25H29F3N2O2. The van der Waals surface area contributed by atoms with Gasteiger partial charge in [-0.2, -0.15) is 13.2 Å².